The van der Waals surface area contributed by atoms with E-state index in [0.717, 1.165) is 13.0 Å². The molecule has 0 radical (unpaired) electrons. The Morgan fingerprint density at radius 3 is 2.44 bits per heavy atom. The molecular weight excluding hydrogens is 240 g/mol. The van der Waals surface area contributed by atoms with Gasteiger partial charge in [-0.2, -0.15) is 0 Å². The number of allylic oxidation sites excluding steroid dienone is 1. The van der Waals surface area contributed by atoms with E-state index in [1.807, 2.05) is 18.2 Å². The van der Waals surface area contributed by atoms with Crippen molar-refractivity contribution in [3.05, 3.63) is 47.7 Å². The zero-order chi connectivity index (χ0) is 13.0. The maximum absolute atomic E-state index is 5.91. The van der Waals surface area contributed by atoms with Gasteiger partial charge in [-0.1, -0.05) is 30.3 Å². The van der Waals surface area contributed by atoms with E-state index in [-0.39, 0.29) is 0 Å². The molecule has 0 heterocycles. The van der Waals surface area contributed by atoms with Gasteiger partial charge < -0.3 is 9.16 Å². The number of benzene rings is 1. The Bertz CT molecular complexity index is 406. The SMILES string of the molecule is C[Si](C)(C)OC1=CC(COCc2ccccc2)C1. The van der Waals surface area contributed by atoms with Crippen LogP contribution in [0.2, 0.25) is 19.6 Å². The predicted molar refractivity (Wildman–Crippen MR) is 76.7 cm³/mol. The summed E-state index contributed by atoms with van der Waals surface area (Å²) in [6.07, 6.45) is 3.25. The first-order valence-corrected chi connectivity index (χ1v) is 9.95. The van der Waals surface area contributed by atoms with E-state index in [4.69, 9.17) is 9.16 Å². The summed E-state index contributed by atoms with van der Waals surface area (Å²) in [6, 6.07) is 10.3. The van der Waals surface area contributed by atoms with Gasteiger partial charge in [0, 0.05) is 12.3 Å². The molecular formula is C15H22O2Si. The van der Waals surface area contributed by atoms with E-state index in [2.05, 4.69) is 37.8 Å². The van der Waals surface area contributed by atoms with Crippen LogP contribution >= 0.6 is 0 Å². The molecule has 1 aliphatic rings. The Morgan fingerprint density at radius 2 is 1.83 bits per heavy atom. The molecule has 0 bridgehead atoms. The molecule has 98 valence electrons. The second kappa shape index (κ2) is 5.72. The second-order valence-electron chi connectivity index (χ2n) is 5.81. The van der Waals surface area contributed by atoms with E-state index < -0.39 is 8.32 Å². The Labute approximate surface area is 111 Å². The van der Waals surface area contributed by atoms with Gasteiger partial charge in [-0.05, 0) is 31.3 Å². The fourth-order valence-electron chi connectivity index (χ4n) is 1.97. The summed E-state index contributed by atoms with van der Waals surface area (Å²) < 4.78 is 11.6. The van der Waals surface area contributed by atoms with Crippen molar-refractivity contribution in [3.63, 3.8) is 0 Å². The number of hydrogen-bond donors (Lipinski definition) is 0. The van der Waals surface area contributed by atoms with Crippen molar-refractivity contribution in [2.24, 2.45) is 5.92 Å². The van der Waals surface area contributed by atoms with Gasteiger partial charge in [0.2, 0.25) is 8.32 Å². The lowest BCUT2D eigenvalue weighted by Crippen LogP contribution is -2.29. The summed E-state index contributed by atoms with van der Waals surface area (Å²) in [5.41, 5.74) is 1.24. The molecule has 0 N–H and O–H groups in total. The van der Waals surface area contributed by atoms with Gasteiger partial charge in [-0.15, -0.1) is 0 Å². The van der Waals surface area contributed by atoms with E-state index in [1.54, 1.807) is 0 Å². The average molecular weight is 262 g/mol. The van der Waals surface area contributed by atoms with Crippen molar-refractivity contribution in [1.82, 2.24) is 0 Å². The summed E-state index contributed by atoms with van der Waals surface area (Å²) in [5, 5.41) is 0. The van der Waals surface area contributed by atoms with E-state index in [9.17, 15) is 0 Å². The van der Waals surface area contributed by atoms with Gasteiger partial charge in [-0.25, -0.2) is 0 Å². The molecule has 18 heavy (non-hydrogen) atoms. The van der Waals surface area contributed by atoms with Gasteiger partial charge in [-0.3, -0.25) is 0 Å². The molecule has 0 aromatic heterocycles. The first-order chi connectivity index (χ1) is 8.53. The smallest absolute Gasteiger partial charge is 0.241 e. The number of rotatable bonds is 6. The van der Waals surface area contributed by atoms with E-state index >= 15 is 0 Å². The first kappa shape index (κ1) is 13.4. The van der Waals surface area contributed by atoms with Gasteiger partial charge in [0.25, 0.3) is 0 Å². The normalized spacial score (nSPS) is 19.1. The van der Waals surface area contributed by atoms with Crippen LogP contribution in [0.3, 0.4) is 0 Å². The Balaban J connectivity index is 1.66. The molecule has 1 aromatic carbocycles. The van der Waals surface area contributed by atoms with Crippen LogP contribution in [0.5, 0.6) is 0 Å². The lowest BCUT2D eigenvalue weighted by atomic mass is 9.94. The number of ether oxygens (including phenoxy) is 1. The van der Waals surface area contributed by atoms with Crippen LogP contribution in [0.4, 0.5) is 0 Å². The highest BCUT2D eigenvalue weighted by Gasteiger charge is 2.25. The molecule has 2 nitrogen and oxygen atoms in total. The Kier molecular flexibility index (Phi) is 4.25. The minimum Gasteiger partial charge on any atom is -0.548 e. The molecule has 3 heteroatoms. The molecule has 1 atom stereocenters. The molecule has 0 saturated carbocycles. The van der Waals surface area contributed by atoms with Crippen molar-refractivity contribution in [2.45, 2.75) is 32.7 Å². The average Bonchev–Trinajstić information content (AvgIpc) is 2.25. The summed E-state index contributed by atoms with van der Waals surface area (Å²) in [6.45, 7) is 8.15. The third-order valence-electron chi connectivity index (χ3n) is 2.77. The van der Waals surface area contributed by atoms with Crippen LogP contribution in [0.25, 0.3) is 0 Å². The fraction of sp³-hybridized carbons (Fsp3) is 0.467. The second-order valence-corrected chi connectivity index (χ2v) is 10.2. The minimum atomic E-state index is -1.41. The van der Waals surface area contributed by atoms with Crippen LogP contribution in [0, 0.1) is 5.92 Å². The summed E-state index contributed by atoms with van der Waals surface area (Å²) >= 11 is 0. The van der Waals surface area contributed by atoms with Crippen molar-refractivity contribution in [3.8, 4) is 0 Å². The third kappa shape index (κ3) is 4.31. The number of hydrogen-bond acceptors (Lipinski definition) is 2. The van der Waals surface area contributed by atoms with Crippen molar-refractivity contribution in [2.75, 3.05) is 6.61 Å². The molecule has 0 fully saturated rings. The van der Waals surface area contributed by atoms with Crippen LogP contribution in [0.15, 0.2) is 42.2 Å². The zero-order valence-corrected chi connectivity index (χ0v) is 12.5. The molecule has 0 saturated heterocycles. The predicted octanol–water partition coefficient (Wildman–Crippen LogP) is 3.96. The molecule has 2 rings (SSSR count). The van der Waals surface area contributed by atoms with Crippen LogP contribution in [0.1, 0.15) is 12.0 Å². The van der Waals surface area contributed by atoms with Crippen LogP contribution in [-0.4, -0.2) is 14.9 Å². The fourth-order valence-corrected chi connectivity index (χ4v) is 2.90. The lowest BCUT2D eigenvalue weighted by Gasteiger charge is -2.30. The van der Waals surface area contributed by atoms with Crippen molar-refractivity contribution in [1.29, 1.82) is 0 Å². The molecule has 1 aromatic rings. The lowest BCUT2D eigenvalue weighted by molar-refractivity contribution is 0.0883. The van der Waals surface area contributed by atoms with Crippen LogP contribution in [-0.2, 0) is 15.8 Å². The quantitative estimate of drug-likeness (QED) is 0.723. The first-order valence-electron chi connectivity index (χ1n) is 6.54. The highest BCUT2D eigenvalue weighted by molar-refractivity contribution is 6.70. The summed E-state index contributed by atoms with van der Waals surface area (Å²) in [5.74, 6) is 1.71. The van der Waals surface area contributed by atoms with Crippen molar-refractivity contribution < 1.29 is 9.16 Å². The summed E-state index contributed by atoms with van der Waals surface area (Å²) in [4.78, 5) is 0. The highest BCUT2D eigenvalue weighted by atomic mass is 28.4. The maximum atomic E-state index is 5.91. The minimum absolute atomic E-state index is 0.542. The van der Waals surface area contributed by atoms with E-state index in [1.165, 1.54) is 11.3 Å². The summed E-state index contributed by atoms with van der Waals surface area (Å²) in [7, 11) is -1.41. The van der Waals surface area contributed by atoms with Gasteiger partial charge in [0.1, 0.15) is 0 Å². The maximum Gasteiger partial charge on any atom is 0.241 e. The molecule has 1 unspecified atom stereocenters. The Morgan fingerprint density at radius 1 is 1.17 bits per heavy atom. The Hall–Kier alpha value is -1.06. The standard InChI is InChI=1S/C15H22O2Si/c1-18(2,3)17-15-9-14(10-15)12-16-11-13-7-5-4-6-8-13/h4-9,14H,10-12H2,1-3H3. The monoisotopic (exact) mass is 262 g/mol. The largest absolute Gasteiger partial charge is 0.548 e. The molecule has 0 aliphatic heterocycles. The van der Waals surface area contributed by atoms with Gasteiger partial charge in [0.05, 0.1) is 19.0 Å². The topological polar surface area (TPSA) is 18.5 Å². The third-order valence-corrected chi connectivity index (χ3v) is 3.64. The molecule has 0 amide bonds. The van der Waals surface area contributed by atoms with Gasteiger partial charge in [0.15, 0.2) is 0 Å². The zero-order valence-electron chi connectivity index (χ0n) is 11.5. The molecule has 0 spiro atoms. The van der Waals surface area contributed by atoms with E-state index in [0.29, 0.717) is 12.5 Å². The van der Waals surface area contributed by atoms with Crippen LogP contribution < -0.4 is 0 Å². The molecule has 1 aliphatic carbocycles. The highest BCUT2D eigenvalue weighted by Crippen LogP contribution is 2.29. The van der Waals surface area contributed by atoms with Gasteiger partial charge >= 0.3 is 0 Å². The van der Waals surface area contributed by atoms with Crippen molar-refractivity contribution >= 4 is 8.32 Å².